The van der Waals surface area contributed by atoms with Crippen molar-refractivity contribution in [3.05, 3.63) is 28.2 Å². The Bertz CT molecular complexity index is 367. The molecule has 0 fully saturated rings. The van der Waals surface area contributed by atoms with Gasteiger partial charge in [-0.15, -0.1) is 11.6 Å². The molecule has 0 aliphatic rings. The highest BCUT2D eigenvalue weighted by molar-refractivity contribution is 9.10. The molecule has 1 aromatic carbocycles. The van der Waals surface area contributed by atoms with E-state index in [1.807, 2.05) is 12.1 Å². The van der Waals surface area contributed by atoms with E-state index >= 15 is 0 Å². The van der Waals surface area contributed by atoms with Crippen molar-refractivity contribution in [1.29, 1.82) is 0 Å². The van der Waals surface area contributed by atoms with Crippen LogP contribution in [-0.4, -0.2) is 19.5 Å². The van der Waals surface area contributed by atoms with Crippen molar-refractivity contribution in [1.82, 2.24) is 5.32 Å². The monoisotopic (exact) mass is 347 g/mol. The number of halogens is 2. The fraction of sp³-hybridized carbons (Fsp3) is 0.600. The summed E-state index contributed by atoms with van der Waals surface area (Å²) in [4.78, 5) is 0. The molecule has 4 heteroatoms. The van der Waals surface area contributed by atoms with Gasteiger partial charge in [0.25, 0.3) is 0 Å². The summed E-state index contributed by atoms with van der Waals surface area (Å²) in [5.41, 5.74) is 1.18. The van der Waals surface area contributed by atoms with Crippen LogP contribution in [-0.2, 0) is 6.54 Å². The van der Waals surface area contributed by atoms with E-state index in [0.29, 0.717) is 5.92 Å². The van der Waals surface area contributed by atoms with E-state index in [-0.39, 0.29) is 0 Å². The molecule has 1 atom stereocenters. The molecule has 1 unspecified atom stereocenters. The quantitative estimate of drug-likeness (QED) is 0.659. The molecule has 0 aromatic heterocycles. The van der Waals surface area contributed by atoms with Gasteiger partial charge in [0.15, 0.2) is 0 Å². The average Bonchev–Trinajstić information content (AvgIpc) is 2.39. The maximum Gasteiger partial charge on any atom is 0.123 e. The maximum atomic E-state index is 5.84. The maximum absolute atomic E-state index is 5.84. The molecule has 2 nitrogen and oxygen atoms in total. The van der Waals surface area contributed by atoms with E-state index in [0.717, 1.165) is 35.6 Å². The molecule has 108 valence electrons. The third kappa shape index (κ3) is 6.15. The Kier molecular flexibility index (Phi) is 8.51. The van der Waals surface area contributed by atoms with Gasteiger partial charge in [-0.25, -0.2) is 0 Å². The Morgan fingerprint density at radius 1 is 1.37 bits per heavy atom. The highest BCUT2D eigenvalue weighted by Crippen LogP contribution is 2.23. The number of nitrogens with one attached hydrogen (secondary N) is 1. The summed E-state index contributed by atoms with van der Waals surface area (Å²) in [7, 11) is 1.71. The Hall–Kier alpha value is -0.250. The van der Waals surface area contributed by atoms with E-state index in [9.17, 15) is 0 Å². The first kappa shape index (κ1) is 16.8. The van der Waals surface area contributed by atoms with Crippen LogP contribution in [0.25, 0.3) is 0 Å². The topological polar surface area (TPSA) is 21.3 Å². The minimum absolute atomic E-state index is 0.667. The number of methoxy groups -OCH3 is 1. The van der Waals surface area contributed by atoms with Crippen LogP contribution >= 0.6 is 27.5 Å². The second-order valence-corrected chi connectivity index (χ2v) is 6.01. The Balaban J connectivity index is 2.49. The Morgan fingerprint density at radius 2 is 2.16 bits per heavy atom. The first-order chi connectivity index (χ1) is 9.21. The number of hydrogen-bond donors (Lipinski definition) is 1. The van der Waals surface area contributed by atoms with Crippen molar-refractivity contribution in [3.63, 3.8) is 0 Å². The number of ether oxygens (including phenoxy) is 1. The zero-order valence-electron chi connectivity index (χ0n) is 11.7. The fourth-order valence-electron chi connectivity index (χ4n) is 2.21. The van der Waals surface area contributed by atoms with Crippen LogP contribution in [0.4, 0.5) is 0 Å². The van der Waals surface area contributed by atoms with Gasteiger partial charge in [-0.2, -0.15) is 0 Å². The predicted octanol–water partition coefficient (Wildman–Crippen LogP) is 4.59. The molecular weight excluding hydrogens is 326 g/mol. The van der Waals surface area contributed by atoms with Gasteiger partial charge in [-0.05, 0) is 43.5 Å². The average molecular weight is 349 g/mol. The van der Waals surface area contributed by atoms with Crippen LogP contribution < -0.4 is 10.1 Å². The summed E-state index contributed by atoms with van der Waals surface area (Å²) in [6, 6.07) is 6.08. The van der Waals surface area contributed by atoms with Gasteiger partial charge in [0.2, 0.25) is 0 Å². The normalized spacial score (nSPS) is 12.4. The van der Waals surface area contributed by atoms with Crippen molar-refractivity contribution >= 4 is 27.5 Å². The molecule has 0 spiro atoms. The van der Waals surface area contributed by atoms with Gasteiger partial charge in [-0.3, -0.25) is 0 Å². The third-order valence-corrected chi connectivity index (χ3v) is 3.92. The second kappa shape index (κ2) is 9.62. The lowest BCUT2D eigenvalue weighted by Crippen LogP contribution is -2.23. The predicted molar refractivity (Wildman–Crippen MR) is 86.1 cm³/mol. The standard InChI is InChI=1S/C15H23BrClNO/c1-3-4-12(7-8-17)10-18-11-13-9-14(16)5-6-15(13)19-2/h5-6,9,12,18H,3-4,7-8,10-11H2,1-2H3. The summed E-state index contributed by atoms with van der Waals surface area (Å²) < 4.78 is 6.45. The lowest BCUT2D eigenvalue weighted by atomic mass is 10.0. The minimum Gasteiger partial charge on any atom is -0.496 e. The molecule has 0 bridgehead atoms. The highest BCUT2D eigenvalue weighted by atomic mass is 79.9. The lowest BCUT2D eigenvalue weighted by molar-refractivity contribution is 0.400. The van der Waals surface area contributed by atoms with Crippen molar-refractivity contribution in [3.8, 4) is 5.75 Å². The Labute approximate surface area is 130 Å². The van der Waals surface area contributed by atoms with E-state index < -0.39 is 0 Å². The molecule has 0 saturated carbocycles. The Morgan fingerprint density at radius 3 is 2.79 bits per heavy atom. The van der Waals surface area contributed by atoms with Gasteiger partial charge in [0.05, 0.1) is 7.11 Å². The largest absolute Gasteiger partial charge is 0.496 e. The van der Waals surface area contributed by atoms with Crippen molar-refractivity contribution < 1.29 is 4.74 Å². The van der Waals surface area contributed by atoms with Crippen LogP contribution in [0.3, 0.4) is 0 Å². The minimum atomic E-state index is 0.667. The summed E-state index contributed by atoms with van der Waals surface area (Å²) in [5.74, 6) is 2.34. The van der Waals surface area contributed by atoms with Crippen molar-refractivity contribution in [2.24, 2.45) is 5.92 Å². The van der Waals surface area contributed by atoms with Crippen LogP contribution in [0.5, 0.6) is 5.75 Å². The zero-order chi connectivity index (χ0) is 14.1. The van der Waals surface area contributed by atoms with Gasteiger partial charge >= 0.3 is 0 Å². The number of alkyl halides is 1. The van der Waals surface area contributed by atoms with E-state index in [1.54, 1.807) is 7.11 Å². The number of benzene rings is 1. The third-order valence-electron chi connectivity index (χ3n) is 3.21. The molecule has 0 amide bonds. The summed E-state index contributed by atoms with van der Waals surface area (Å²) >= 11 is 9.34. The van der Waals surface area contributed by atoms with E-state index in [1.165, 1.54) is 18.4 Å². The summed E-state index contributed by atoms with van der Waals surface area (Å²) in [5, 5.41) is 3.51. The summed E-state index contributed by atoms with van der Waals surface area (Å²) in [6.07, 6.45) is 3.52. The number of rotatable bonds is 9. The van der Waals surface area contributed by atoms with Crippen LogP contribution in [0.2, 0.25) is 0 Å². The highest BCUT2D eigenvalue weighted by Gasteiger charge is 2.08. The van der Waals surface area contributed by atoms with Crippen molar-refractivity contribution in [2.45, 2.75) is 32.7 Å². The van der Waals surface area contributed by atoms with Crippen LogP contribution in [0.15, 0.2) is 22.7 Å². The van der Waals surface area contributed by atoms with Gasteiger partial charge in [-0.1, -0.05) is 29.3 Å². The zero-order valence-corrected chi connectivity index (χ0v) is 14.1. The van der Waals surface area contributed by atoms with E-state index in [2.05, 4.69) is 34.2 Å². The molecule has 0 radical (unpaired) electrons. The first-order valence-corrected chi connectivity index (χ1v) is 8.13. The lowest BCUT2D eigenvalue weighted by Gasteiger charge is -2.16. The molecule has 0 heterocycles. The van der Waals surface area contributed by atoms with Gasteiger partial charge in [0.1, 0.15) is 5.75 Å². The molecule has 0 saturated heterocycles. The molecule has 1 rings (SSSR count). The van der Waals surface area contributed by atoms with E-state index in [4.69, 9.17) is 16.3 Å². The second-order valence-electron chi connectivity index (χ2n) is 4.72. The molecule has 1 aromatic rings. The first-order valence-electron chi connectivity index (χ1n) is 6.80. The molecule has 1 N–H and O–H groups in total. The van der Waals surface area contributed by atoms with Crippen molar-refractivity contribution in [2.75, 3.05) is 19.5 Å². The molecular formula is C15H23BrClNO. The molecule has 19 heavy (non-hydrogen) atoms. The number of hydrogen-bond acceptors (Lipinski definition) is 2. The molecule has 0 aliphatic heterocycles. The fourth-order valence-corrected chi connectivity index (χ4v) is 2.92. The van der Waals surface area contributed by atoms with Gasteiger partial charge < -0.3 is 10.1 Å². The SMILES string of the molecule is CCCC(CCCl)CNCc1cc(Br)ccc1OC. The van der Waals surface area contributed by atoms with Gasteiger partial charge in [0, 0.05) is 22.5 Å². The molecule has 0 aliphatic carbocycles. The van der Waals surface area contributed by atoms with Crippen LogP contribution in [0, 0.1) is 5.92 Å². The summed E-state index contributed by atoms with van der Waals surface area (Å²) in [6.45, 7) is 4.06. The van der Waals surface area contributed by atoms with Crippen LogP contribution in [0.1, 0.15) is 31.7 Å². The smallest absolute Gasteiger partial charge is 0.123 e.